The first kappa shape index (κ1) is 21.7. The Kier molecular flexibility index (Phi) is 6.01. The van der Waals surface area contributed by atoms with Gasteiger partial charge < -0.3 is 20.5 Å². The minimum atomic E-state index is -0.442. The second-order valence-electron chi connectivity index (χ2n) is 8.44. The number of aromatic nitrogens is 2. The minimum absolute atomic E-state index is 0.0657. The number of hydrogen-bond donors (Lipinski definition) is 4. The molecule has 1 amide bonds. The van der Waals surface area contributed by atoms with E-state index in [1.54, 1.807) is 54.7 Å². The van der Waals surface area contributed by atoms with Crippen LogP contribution in [0.4, 0.5) is 0 Å². The number of piperidine rings is 1. The highest BCUT2D eigenvalue weighted by Crippen LogP contribution is 2.33. The average Bonchev–Trinajstić information content (AvgIpc) is 3.42. The van der Waals surface area contributed by atoms with Gasteiger partial charge in [-0.05, 0) is 73.5 Å². The number of ether oxygens (including phenoxy) is 1. The summed E-state index contributed by atoms with van der Waals surface area (Å²) in [5.41, 5.74) is 3.31. The van der Waals surface area contributed by atoms with Crippen LogP contribution in [0.3, 0.4) is 0 Å². The molecule has 2 heterocycles. The predicted molar refractivity (Wildman–Crippen MR) is 130 cm³/mol. The molecule has 1 fully saturated rings. The molecule has 4 N–H and O–H groups in total. The first-order valence-electron chi connectivity index (χ1n) is 11.3. The smallest absolute Gasteiger partial charge is 0.251 e. The Bertz CT molecular complexity index is 1250. The van der Waals surface area contributed by atoms with Gasteiger partial charge >= 0.3 is 0 Å². The number of aromatic amines is 1. The second kappa shape index (κ2) is 9.41. The average molecular weight is 455 g/mol. The van der Waals surface area contributed by atoms with Gasteiger partial charge in [0, 0.05) is 17.3 Å². The molecule has 1 aliphatic rings. The molecule has 4 aromatic rings. The Morgan fingerprint density at radius 1 is 0.941 bits per heavy atom. The van der Waals surface area contributed by atoms with Gasteiger partial charge in [-0.25, -0.2) is 0 Å². The van der Waals surface area contributed by atoms with E-state index in [1.165, 1.54) is 0 Å². The van der Waals surface area contributed by atoms with Crippen molar-refractivity contribution in [2.75, 3.05) is 13.1 Å². The second-order valence-corrected chi connectivity index (χ2v) is 8.44. The maximum absolute atomic E-state index is 13.2. The van der Waals surface area contributed by atoms with E-state index in [0.29, 0.717) is 17.1 Å². The molecule has 7 nitrogen and oxygen atoms in total. The number of carbonyl (C=O) groups is 1. The molecule has 0 saturated carbocycles. The molecule has 3 aromatic carbocycles. The van der Waals surface area contributed by atoms with Crippen LogP contribution in [0.5, 0.6) is 17.2 Å². The Labute approximate surface area is 197 Å². The normalized spacial score (nSPS) is 14.9. The highest BCUT2D eigenvalue weighted by atomic mass is 16.5. The number of nitrogens with zero attached hydrogens (tertiary/aromatic N) is 1. The summed E-state index contributed by atoms with van der Waals surface area (Å²) in [6.07, 6.45) is 5.27. The van der Waals surface area contributed by atoms with Crippen molar-refractivity contribution < 1.29 is 14.6 Å². The van der Waals surface area contributed by atoms with E-state index in [-0.39, 0.29) is 11.7 Å². The maximum atomic E-state index is 13.2. The fourth-order valence-corrected chi connectivity index (χ4v) is 4.36. The lowest BCUT2D eigenvalue weighted by atomic mass is 9.80. The number of phenolic OH excluding ortho intramolecular Hbond substituents is 1. The zero-order valence-electron chi connectivity index (χ0n) is 18.6. The minimum Gasteiger partial charge on any atom is -0.504 e. The molecule has 0 atom stereocenters. The lowest BCUT2D eigenvalue weighted by Crippen LogP contribution is -2.52. The molecule has 0 aliphatic carbocycles. The molecular weight excluding hydrogens is 428 g/mol. The third-order valence-electron chi connectivity index (χ3n) is 6.29. The Morgan fingerprint density at radius 2 is 1.68 bits per heavy atom. The van der Waals surface area contributed by atoms with Crippen molar-refractivity contribution in [3.63, 3.8) is 0 Å². The van der Waals surface area contributed by atoms with Crippen LogP contribution in [0.15, 0.2) is 85.2 Å². The number of aromatic hydroxyl groups is 1. The van der Waals surface area contributed by atoms with E-state index in [0.717, 1.165) is 42.6 Å². The van der Waals surface area contributed by atoms with Gasteiger partial charge in [0.05, 0.1) is 11.7 Å². The third-order valence-corrected chi connectivity index (χ3v) is 6.29. The SMILES string of the molecule is O=C(NC1(c2ccc(-c3cn[nH]c3)cc2)CCNCC1)c1ccc(Oc2ccccc2O)cc1. The lowest BCUT2D eigenvalue weighted by Gasteiger charge is -2.39. The highest BCUT2D eigenvalue weighted by Gasteiger charge is 2.35. The standard InChI is InChI=1S/C27H26N4O3/c32-24-3-1-2-4-25(24)34-23-11-7-20(8-12-23)26(33)31-27(13-15-28-16-14-27)22-9-5-19(6-10-22)21-17-29-30-18-21/h1-12,17-18,28,32H,13-16H2,(H,29,30)(H,31,33). The number of carbonyl (C=O) groups excluding carboxylic acids is 1. The molecule has 172 valence electrons. The van der Waals surface area contributed by atoms with Crippen LogP contribution in [0, 0.1) is 0 Å². The van der Waals surface area contributed by atoms with Gasteiger partial charge in [0.15, 0.2) is 11.5 Å². The van der Waals surface area contributed by atoms with Crippen molar-refractivity contribution in [3.05, 3.63) is 96.3 Å². The van der Waals surface area contributed by atoms with Gasteiger partial charge in [0.2, 0.25) is 0 Å². The van der Waals surface area contributed by atoms with Gasteiger partial charge in [-0.15, -0.1) is 0 Å². The zero-order valence-corrected chi connectivity index (χ0v) is 18.6. The fraction of sp³-hybridized carbons (Fsp3) is 0.185. The quantitative estimate of drug-likeness (QED) is 0.342. The van der Waals surface area contributed by atoms with Crippen LogP contribution in [0.25, 0.3) is 11.1 Å². The number of benzene rings is 3. The summed E-state index contributed by atoms with van der Waals surface area (Å²) in [5, 5.41) is 23.5. The molecule has 34 heavy (non-hydrogen) atoms. The predicted octanol–water partition coefficient (Wildman–Crippen LogP) is 4.58. The summed E-state index contributed by atoms with van der Waals surface area (Å²) in [6.45, 7) is 1.66. The topological polar surface area (TPSA) is 99.3 Å². The van der Waals surface area contributed by atoms with Crippen LogP contribution in [-0.4, -0.2) is 34.3 Å². The number of amides is 1. The van der Waals surface area contributed by atoms with Gasteiger partial charge in [-0.2, -0.15) is 5.10 Å². The summed E-state index contributed by atoms with van der Waals surface area (Å²) in [6, 6.07) is 22.0. The van der Waals surface area contributed by atoms with Crippen molar-refractivity contribution in [3.8, 4) is 28.4 Å². The van der Waals surface area contributed by atoms with Gasteiger partial charge in [0.1, 0.15) is 5.75 Å². The monoisotopic (exact) mass is 454 g/mol. The van der Waals surface area contributed by atoms with Gasteiger partial charge in [-0.3, -0.25) is 9.89 Å². The molecule has 1 saturated heterocycles. The maximum Gasteiger partial charge on any atom is 0.251 e. The molecule has 0 bridgehead atoms. The Hall–Kier alpha value is -4.10. The van der Waals surface area contributed by atoms with E-state index in [2.05, 4.69) is 45.1 Å². The lowest BCUT2D eigenvalue weighted by molar-refractivity contribution is 0.0872. The van der Waals surface area contributed by atoms with Gasteiger partial charge in [-0.1, -0.05) is 36.4 Å². The third kappa shape index (κ3) is 4.51. The van der Waals surface area contributed by atoms with E-state index in [1.807, 2.05) is 6.20 Å². The van der Waals surface area contributed by atoms with E-state index in [4.69, 9.17) is 4.74 Å². The van der Waals surface area contributed by atoms with Crippen molar-refractivity contribution in [1.29, 1.82) is 0 Å². The number of phenols is 1. The van der Waals surface area contributed by atoms with E-state index < -0.39 is 5.54 Å². The fourth-order valence-electron chi connectivity index (χ4n) is 4.36. The molecule has 0 unspecified atom stereocenters. The van der Waals surface area contributed by atoms with Crippen LogP contribution in [-0.2, 0) is 5.54 Å². The highest BCUT2D eigenvalue weighted by molar-refractivity contribution is 5.95. The number of para-hydroxylation sites is 2. The number of nitrogens with one attached hydrogen (secondary N) is 3. The molecule has 1 aliphatic heterocycles. The first-order valence-corrected chi connectivity index (χ1v) is 11.3. The molecular formula is C27H26N4O3. The number of rotatable bonds is 6. The van der Waals surface area contributed by atoms with Crippen molar-refractivity contribution >= 4 is 5.91 Å². The summed E-state index contributed by atoms with van der Waals surface area (Å²) in [4.78, 5) is 13.2. The van der Waals surface area contributed by atoms with Crippen LogP contribution >= 0.6 is 0 Å². The van der Waals surface area contributed by atoms with Crippen LogP contribution < -0.4 is 15.4 Å². The summed E-state index contributed by atoms with van der Waals surface area (Å²) in [7, 11) is 0. The summed E-state index contributed by atoms with van der Waals surface area (Å²) < 4.78 is 5.73. The van der Waals surface area contributed by atoms with E-state index in [9.17, 15) is 9.90 Å². The molecule has 0 spiro atoms. The zero-order chi connectivity index (χ0) is 23.4. The number of hydrogen-bond acceptors (Lipinski definition) is 5. The Morgan fingerprint density at radius 3 is 2.35 bits per heavy atom. The first-order chi connectivity index (χ1) is 16.6. The van der Waals surface area contributed by atoms with Crippen molar-refractivity contribution in [1.82, 2.24) is 20.8 Å². The van der Waals surface area contributed by atoms with Gasteiger partial charge in [0.25, 0.3) is 5.91 Å². The number of H-pyrrole nitrogens is 1. The Balaban J connectivity index is 1.34. The van der Waals surface area contributed by atoms with E-state index >= 15 is 0 Å². The van der Waals surface area contributed by atoms with Crippen molar-refractivity contribution in [2.45, 2.75) is 18.4 Å². The molecule has 7 heteroatoms. The molecule has 1 aromatic heterocycles. The van der Waals surface area contributed by atoms with Crippen LogP contribution in [0.1, 0.15) is 28.8 Å². The molecule has 5 rings (SSSR count). The summed E-state index contributed by atoms with van der Waals surface area (Å²) >= 11 is 0. The van der Waals surface area contributed by atoms with Crippen LogP contribution in [0.2, 0.25) is 0 Å². The summed E-state index contributed by atoms with van der Waals surface area (Å²) in [5.74, 6) is 0.850. The largest absolute Gasteiger partial charge is 0.504 e. The molecule has 0 radical (unpaired) electrons. The van der Waals surface area contributed by atoms with Crippen molar-refractivity contribution in [2.24, 2.45) is 0 Å².